The van der Waals surface area contributed by atoms with Gasteiger partial charge < -0.3 is 10.0 Å². The third-order valence-corrected chi connectivity index (χ3v) is 2.63. The fraction of sp³-hybridized carbons (Fsp3) is 0.300. The number of carbonyl (C=O) groups excluding carboxylic acids is 1. The van der Waals surface area contributed by atoms with Crippen molar-refractivity contribution in [2.75, 3.05) is 11.4 Å². The molecule has 4 heteroatoms. The van der Waals surface area contributed by atoms with Crippen LogP contribution in [0.5, 0.6) is 0 Å². The lowest BCUT2D eigenvalue weighted by atomic mass is 10.1. The second kappa shape index (κ2) is 3.26. The monoisotopic (exact) mass is 211 g/mol. The maximum Gasteiger partial charge on any atom is 0.260 e. The molecule has 1 heterocycles. The van der Waals surface area contributed by atoms with E-state index < -0.39 is 6.10 Å². The Bertz CT molecular complexity index is 392. The lowest BCUT2D eigenvalue weighted by molar-refractivity contribution is -0.125. The first kappa shape index (κ1) is 9.49. The molecule has 0 radical (unpaired) electrons. The van der Waals surface area contributed by atoms with Gasteiger partial charge in [-0.3, -0.25) is 4.79 Å². The summed E-state index contributed by atoms with van der Waals surface area (Å²) in [4.78, 5) is 13.1. The van der Waals surface area contributed by atoms with Crippen LogP contribution in [0.1, 0.15) is 18.6 Å². The van der Waals surface area contributed by atoms with E-state index in [9.17, 15) is 9.90 Å². The highest BCUT2D eigenvalue weighted by molar-refractivity contribution is 6.31. The van der Waals surface area contributed by atoms with Crippen LogP contribution in [0.2, 0.25) is 5.02 Å². The van der Waals surface area contributed by atoms with Crippen molar-refractivity contribution in [2.24, 2.45) is 0 Å². The van der Waals surface area contributed by atoms with Crippen LogP contribution < -0.4 is 4.90 Å². The number of halogens is 1. The number of hydrogen-bond acceptors (Lipinski definition) is 2. The second-order valence-corrected chi connectivity index (χ2v) is 3.62. The Morgan fingerprint density at radius 2 is 2.29 bits per heavy atom. The molecular weight excluding hydrogens is 202 g/mol. The van der Waals surface area contributed by atoms with Crippen LogP contribution in [0.3, 0.4) is 0 Å². The predicted molar refractivity (Wildman–Crippen MR) is 54.4 cm³/mol. The molecule has 1 unspecified atom stereocenters. The molecule has 74 valence electrons. The Morgan fingerprint density at radius 3 is 2.93 bits per heavy atom. The third-order valence-electron chi connectivity index (χ3n) is 2.39. The van der Waals surface area contributed by atoms with E-state index >= 15 is 0 Å². The summed E-state index contributed by atoms with van der Waals surface area (Å²) in [5.41, 5.74) is 1.36. The molecule has 0 bridgehead atoms. The maximum atomic E-state index is 11.5. The molecule has 1 N–H and O–H groups in total. The van der Waals surface area contributed by atoms with E-state index in [0.29, 0.717) is 17.1 Å². The van der Waals surface area contributed by atoms with E-state index in [2.05, 4.69) is 0 Å². The molecule has 1 aromatic rings. The standard InChI is InChI=1S/C10H10ClNO2/c1-2-12-8-4-3-6(11)5-7(8)9(13)10(12)14/h3-5,9,13H,2H2,1H3. The Labute approximate surface area is 86.9 Å². The molecule has 3 nitrogen and oxygen atoms in total. The van der Waals surface area contributed by atoms with Gasteiger partial charge in [0, 0.05) is 17.1 Å². The van der Waals surface area contributed by atoms with Crippen LogP contribution in [0.4, 0.5) is 5.69 Å². The summed E-state index contributed by atoms with van der Waals surface area (Å²) in [6, 6.07) is 5.11. The first-order valence-corrected chi connectivity index (χ1v) is 4.82. The van der Waals surface area contributed by atoms with E-state index in [4.69, 9.17) is 11.6 Å². The van der Waals surface area contributed by atoms with Gasteiger partial charge in [0.05, 0.1) is 5.69 Å². The minimum atomic E-state index is -1.05. The fourth-order valence-electron chi connectivity index (χ4n) is 1.72. The molecule has 0 aliphatic carbocycles. The summed E-state index contributed by atoms with van der Waals surface area (Å²) < 4.78 is 0. The topological polar surface area (TPSA) is 40.5 Å². The van der Waals surface area contributed by atoms with Crippen LogP contribution in [-0.2, 0) is 4.79 Å². The SMILES string of the molecule is CCN1C(=O)C(O)c2cc(Cl)ccc21. The van der Waals surface area contributed by atoms with Crippen LogP contribution in [0.15, 0.2) is 18.2 Å². The summed E-state index contributed by atoms with van der Waals surface area (Å²) in [5, 5.41) is 10.2. The van der Waals surface area contributed by atoms with Crippen LogP contribution in [0.25, 0.3) is 0 Å². The number of benzene rings is 1. The number of nitrogens with zero attached hydrogens (tertiary/aromatic N) is 1. The molecule has 0 fully saturated rings. The van der Waals surface area contributed by atoms with Crippen molar-refractivity contribution in [1.82, 2.24) is 0 Å². The van der Waals surface area contributed by atoms with Gasteiger partial charge in [0.2, 0.25) is 0 Å². The van der Waals surface area contributed by atoms with E-state index in [1.165, 1.54) is 0 Å². The molecule has 1 aliphatic rings. The van der Waals surface area contributed by atoms with Gasteiger partial charge in [-0.25, -0.2) is 0 Å². The number of aliphatic hydroxyl groups excluding tert-OH is 1. The molecule has 1 aromatic carbocycles. The van der Waals surface area contributed by atoms with Gasteiger partial charge in [-0.15, -0.1) is 0 Å². The smallest absolute Gasteiger partial charge is 0.260 e. The zero-order valence-electron chi connectivity index (χ0n) is 7.70. The van der Waals surface area contributed by atoms with Crippen molar-refractivity contribution in [3.05, 3.63) is 28.8 Å². The van der Waals surface area contributed by atoms with Gasteiger partial charge in [-0.1, -0.05) is 11.6 Å². The van der Waals surface area contributed by atoms with Gasteiger partial charge in [-0.05, 0) is 25.1 Å². The van der Waals surface area contributed by atoms with E-state index in [0.717, 1.165) is 5.69 Å². The van der Waals surface area contributed by atoms with Gasteiger partial charge in [0.25, 0.3) is 5.91 Å². The largest absolute Gasteiger partial charge is 0.378 e. The van der Waals surface area contributed by atoms with E-state index in [1.54, 1.807) is 23.1 Å². The number of aliphatic hydroxyl groups is 1. The third kappa shape index (κ3) is 1.21. The van der Waals surface area contributed by atoms with Crippen LogP contribution >= 0.6 is 11.6 Å². The summed E-state index contributed by atoms with van der Waals surface area (Å²) in [6.45, 7) is 2.43. The number of amides is 1. The van der Waals surface area contributed by atoms with Gasteiger partial charge in [0.15, 0.2) is 6.10 Å². The Hall–Kier alpha value is -1.06. The number of fused-ring (bicyclic) bond motifs is 1. The van der Waals surface area contributed by atoms with Crippen molar-refractivity contribution in [2.45, 2.75) is 13.0 Å². The molecule has 0 saturated carbocycles. The molecule has 0 spiro atoms. The minimum absolute atomic E-state index is 0.273. The summed E-state index contributed by atoms with van der Waals surface area (Å²) >= 11 is 5.79. The average Bonchev–Trinajstić information content (AvgIpc) is 2.41. The summed E-state index contributed by atoms with van der Waals surface area (Å²) in [6.07, 6.45) is -1.05. The zero-order chi connectivity index (χ0) is 10.3. The molecule has 1 aliphatic heterocycles. The molecule has 1 amide bonds. The first-order valence-electron chi connectivity index (χ1n) is 4.44. The number of rotatable bonds is 1. The molecular formula is C10H10ClNO2. The maximum absolute atomic E-state index is 11.5. The van der Waals surface area contributed by atoms with Crippen molar-refractivity contribution < 1.29 is 9.90 Å². The molecule has 0 saturated heterocycles. The van der Waals surface area contributed by atoms with Gasteiger partial charge >= 0.3 is 0 Å². The Balaban J connectivity index is 2.55. The second-order valence-electron chi connectivity index (χ2n) is 3.19. The average molecular weight is 212 g/mol. The normalized spacial score (nSPS) is 20.1. The first-order chi connectivity index (χ1) is 6.65. The predicted octanol–water partition coefficient (Wildman–Crippen LogP) is 1.74. The summed E-state index contributed by atoms with van der Waals surface area (Å²) in [7, 11) is 0. The van der Waals surface area contributed by atoms with E-state index in [-0.39, 0.29) is 5.91 Å². The zero-order valence-corrected chi connectivity index (χ0v) is 8.45. The van der Waals surface area contributed by atoms with Crippen molar-refractivity contribution in [3.63, 3.8) is 0 Å². The number of likely N-dealkylation sites (N-methyl/N-ethyl adjacent to an activating group) is 1. The molecule has 14 heavy (non-hydrogen) atoms. The van der Waals surface area contributed by atoms with Gasteiger partial charge in [-0.2, -0.15) is 0 Å². The number of carbonyl (C=O) groups is 1. The molecule has 2 rings (SSSR count). The number of hydrogen-bond donors (Lipinski definition) is 1. The van der Waals surface area contributed by atoms with E-state index in [1.807, 2.05) is 6.92 Å². The van der Waals surface area contributed by atoms with Crippen molar-refractivity contribution in [3.8, 4) is 0 Å². The Morgan fingerprint density at radius 1 is 1.57 bits per heavy atom. The highest BCUT2D eigenvalue weighted by Gasteiger charge is 2.34. The van der Waals surface area contributed by atoms with Gasteiger partial charge in [0.1, 0.15) is 0 Å². The lowest BCUT2D eigenvalue weighted by Gasteiger charge is -2.13. The summed E-state index contributed by atoms with van der Waals surface area (Å²) in [5.74, 6) is -0.273. The van der Waals surface area contributed by atoms with Crippen molar-refractivity contribution >= 4 is 23.2 Å². The highest BCUT2D eigenvalue weighted by atomic mass is 35.5. The minimum Gasteiger partial charge on any atom is -0.378 e. The molecule has 0 aromatic heterocycles. The van der Waals surface area contributed by atoms with Crippen LogP contribution in [-0.4, -0.2) is 17.6 Å². The molecule has 1 atom stereocenters. The Kier molecular flexibility index (Phi) is 2.21. The van der Waals surface area contributed by atoms with Crippen molar-refractivity contribution in [1.29, 1.82) is 0 Å². The van der Waals surface area contributed by atoms with Crippen LogP contribution in [0, 0.1) is 0 Å². The lowest BCUT2D eigenvalue weighted by Crippen LogP contribution is -2.28. The number of anilines is 1. The fourth-order valence-corrected chi connectivity index (χ4v) is 1.90. The highest BCUT2D eigenvalue weighted by Crippen LogP contribution is 2.36. The quantitative estimate of drug-likeness (QED) is 0.769.